The first-order chi connectivity index (χ1) is 4.88. The normalized spacial score (nSPS) is 9.80. The van der Waals surface area contributed by atoms with Crippen LogP contribution in [0.5, 0.6) is 0 Å². The summed E-state index contributed by atoms with van der Waals surface area (Å²) in [5.41, 5.74) is 0. The fourth-order valence-corrected chi connectivity index (χ4v) is 3.50. The van der Waals surface area contributed by atoms with Crippen molar-refractivity contribution in [2.45, 2.75) is 24.4 Å². The van der Waals surface area contributed by atoms with Crippen LogP contribution in [0.1, 0.15) is 13.8 Å². The van der Waals surface area contributed by atoms with E-state index in [4.69, 9.17) is 0 Å². The fraction of sp³-hybridized carbons (Fsp3) is 0.500. The van der Waals surface area contributed by atoms with Crippen LogP contribution in [0.15, 0.2) is 18.3 Å². The van der Waals surface area contributed by atoms with Gasteiger partial charge in [-0.2, -0.15) is 0 Å². The van der Waals surface area contributed by atoms with Crippen molar-refractivity contribution in [1.29, 1.82) is 0 Å². The van der Waals surface area contributed by atoms with Crippen LogP contribution in [-0.4, -0.2) is 19.1 Å². The van der Waals surface area contributed by atoms with Crippen LogP contribution >= 0.6 is 0 Å². The Hall–Kier alpha value is -0.188. The van der Waals surface area contributed by atoms with Gasteiger partial charge >= 0.3 is 14.1 Å². The Balaban J connectivity index is 2.64. The predicted molar refractivity (Wildman–Crippen MR) is 47.1 cm³/mol. The highest BCUT2D eigenvalue weighted by Gasteiger charge is 2.14. The predicted octanol–water partition coefficient (Wildman–Crippen LogP) is 1.76. The van der Waals surface area contributed by atoms with Crippen molar-refractivity contribution < 1.29 is 0 Å². The van der Waals surface area contributed by atoms with E-state index in [0.717, 1.165) is 0 Å². The van der Waals surface area contributed by atoms with Crippen molar-refractivity contribution in [2.75, 3.05) is 0 Å². The molecule has 0 saturated heterocycles. The molecule has 54 valence electrons. The minimum absolute atomic E-state index is 0.557. The summed E-state index contributed by atoms with van der Waals surface area (Å²) in [4.78, 5) is 3.30. The third-order valence-electron chi connectivity index (χ3n) is 2.05. The smallest absolute Gasteiger partial charge is 0.332 e. The molecule has 2 heteroatoms. The lowest BCUT2D eigenvalue weighted by atomic mass is 10.7. The SMILES string of the molecule is C[CH2][Al]([CH2]C)[c]1ccc[nH]1. The van der Waals surface area contributed by atoms with Crippen molar-refractivity contribution in [3.63, 3.8) is 0 Å². The van der Waals surface area contributed by atoms with Gasteiger partial charge in [-0.3, -0.25) is 0 Å². The molecule has 0 unspecified atom stereocenters. The van der Waals surface area contributed by atoms with Crippen LogP contribution in [0.3, 0.4) is 0 Å². The summed E-state index contributed by atoms with van der Waals surface area (Å²) in [5.74, 6) is 0. The summed E-state index contributed by atoms with van der Waals surface area (Å²) in [6.07, 6.45) is 2.03. The van der Waals surface area contributed by atoms with Crippen molar-refractivity contribution in [1.82, 2.24) is 4.98 Å². The van der Waals surface area contributed by atoms with Crippen LogP contribution in [0.4, 0.5) is 0 Å². The average Bonchev–Trinajstić information content (AvgIpc) is 2.43. The lowest BCUT2D eigenvalue weighted by molar-refractivity contribution is 1.31. The van der Waals surface area contributed by atoms with E-state index in [1.165, 1.54) is 15.1 Å². The Kier molecular flexibility index (Phi) is 3.05. The van der Waals surface area contributed by atoms with E-state index < -0.39 is 14.1 Å². The van der Waals surface area contributed by atoms with E-state index in [1.807, 2.05) is 6.20 Å². The standard InChI is InChI=1S/C4H4N.2C2H5.Al/c1-2-4-5-3-1;2*1-2;/h1-3,5H;2*1H2,2H3;. The highest BCUT2D eigenvalue weighted by atomic mass is 27.2. The maximum Gasteiger partial charge on any atom is 0.332 e. The average molecular weight is 151 g/mol. The van der Waals surface area contributed by atoms with Gasteiger partial charge in [-0.25, -0.2) is 0 Å². The van der Waals surface area contributed by atoms with E-state index in [1.54, 1.807) is 0 Å². The molecule has 0 radical (unpaired) electrons. The number of hydrogen-bond acceptors (Lipinski definition) is 0. The Labute approximate surface area is 66.9 Å². The first kappa shape index (κ1) is 7.91. The molecule has 0 atom stereocenters. The topological polar surface area (TPSA) is 15.8 Å². The van der Waals surface area contributed by atoms with Crippen LogP contribution in [0, 0.1) is 0 Å². The molecule has 1 rings (SSSR count). The molecule has 0 fully saturated rings. The molecule has 1 nitrogen and oxygen atoms in total. The van der Waals surface area contributed by atoms with Crippen molar-refractivity contribution >= 4 is 18.7 Å². The quantitative estimate of drug-likeness (QED) is 0.633. The van der Waals surface area contributed by atoms with E-state index in [2.05, 4.69) is 31.0 Å². The van der Waals surface area contributed by atoms with E-state index in [9.17, 15) is 0 Å². The van der Waals surface area contributed by atoms with Crippen LogP contribution in [-0.2, 0) is 0 Å². The van der Waals surface area contributed by atoms with Crippen molar-refractivity contribution in [2.24, 2.45) is 0 Å². The highest BCUT2D eigenvalue weighted by molar-refractivity contribution is 6.72. The van der Waals surface area contributed by atoms with Gasteiger partial charge in [0.1, 0.15) is 0 Å². The summed E-state index contributed by atoms with van der Waals surface area (Å²) in [6, 6.07) is 4.32. The molecule has 1 aromatic rings. The summed E-state index contributed by atoms with van der Waals surface area (Å²) in [6.45, 7) is 4.59. The number of H-pyrrole nitrogens is 1. The Morgan fingerprint density at radius 1 is 1.40 bits per heavy atom. The lowest BCUT2D eigenvalue weighted by Gasteiger charge is -2.01. The second-order valence-corrected chi connectivity index (χ2v) is 6.29. The van der Waals surface area contributed by atoms with Gasteiger partial charge < -0.3 is 4.98 Å². The zero-order valence-electron chi connectivity index (χ0n) is 6.72. The monoisotopic (exact) mass is 151 g/mol. The van der Waals surface area contributed by atoms with Gasteiger partial charge in [0.25, 0.3) is 0 Å². The number of hydrogen-bond donors (Lipinski definition) is 1. The molecule has 0 amide bonds. The number of nitrogens with one attached hydrogen (secondary N) is 1. The van der Waals surface area contributed by atoms with Crippen molar-refractivity contribution in [3.8, 4) is 0 Å². The maximum atomic E-state index is 3.30. The second-order valence-electron chi connectivity index (χ2n) is 2.64. The van der Waals surface area contributed by atoms with E-state index in [-0.39, 0.29) is 0 Å². The summed E-state index contributed by atoms with van der Waals surface area (Å²) in [7, 11) is 0. The third-order valence-corrected chi connectivity index (χ3v) is 5.26. The zero-order chi connectivity index (χ0) is 7.40. The minimum Gasteiger partial charge on any atom is -0.381 e. The van der Waals surface area contributed by atoms with Gasteiger partial charge in [-0.15, -0.1) is 0 Å². The van der Waals surface area contributed by atoms with Gasteiger partial charge in [-0.1, -0.05) is 35.0 Å². The molecule has 1 heterocycles. The van der Waals surface area contributed by atoms with Crippen LogP contribution in [0.25, 0.3) is 0 Å². The van der Waals surface area contributed by atoms with Gasteiger partial charge in [-0.05, 0) is 12.3 Å². The highest BCUT2D eigenvalue weighted by Crippen LogP contribution is 1.97. The molecule has 0 spiro atoms. The summed E-state index contributed by atoms with van der Waals surface area (Å²) >= 11 is -0.557. The number of aromatic nitrogens is 1. The largest absolute Gasteiger partial charge is 0.381 e. The van der Waals surface area contributed by atoms with Crippen LogP contribution in [0.2, 0.25) is 10.6 Å². The molecule has 0 aliphatic carbocycles. The first-order valence-corrected chi connectivity index (χ1v) is 6.22. The van der Waals surface area contributed by atoms with Gasteiger partial charge in [0.05, 0.1) is 0 Å². The zero-order valence-corrected chi connectivity index (χ0v) is 7.88. The van der Waals surface area contributed by atoms with E-state index in [0.29, 0.717) is 0 Å². The van der Waals surface area contributed by atoms with Crippen LogP contribution < -0.4 is 4.56 Å². The summed E-state index contributed by atoms with van der Waals surface area (Å²) in [5, 5.41) is 2.74. The lowest BCUT2D eigenvalue weighted by Crippen LogP contribution is -2.28. The Bertz CT molecular complexity index is 165. The van der Waals surface area contributed by atoms with E-state index >= 15 is 0 Å². The first-order valence-electron chi connectivity index (χ1n) is 4.01. The molecule has 0 bridgehead atoms. The molecule has 1 aromatic heterocycles. The van der Waals surface area contributed by atoms with Gasteiger partial charge in [0.15, 0.2) is 0 Å². The number of rotatable bonds is 3. The molecule has 0 saturated carbocycles. The Morgan fingerprint density at radius 3 is 2.50 bits per heavy atom. The fourth-order valence-electron chi connectivity index (χ4n) is 1.33. The second kappa shape index (κ2) is 3.85. The van der Waals surface area contributed by atoms with Gasteiger partial charge in [0.2, 0.25) is 0 Å². The third kappa shape index (κ3) is 1.65. The molecule has 0 aliphatic rings. The van der Waals surface area contributed by atoms with Gasteiger partial charge in [0, 0.05) is 0 Å². The van der Waals surface area contributed by atoms with Crippen molar-refractivity contribution in [3.05, 3.63) is 18.3 Å². The molecule has 0 aliphatic heterocycles. The Morgan fingerprint density at radius 2 is 2.10 bits per heavy atom. The molecule has 10 heavy (non-hydrogen) atoms. The maximum absolute atomic E-state index is 3.30. The molecular weight excluding hydrogens is 137 g/mol. The minimum atomic E-state index is -0.557. The molecule has 0 aromatic carbocycles. The molecular formula is C8H14AlN. The number of aromatic amines is 1. The molecule has 1 N–H and O–H groups in total. The summed E-state index contributed by atoms with van der Waals surface area (Å²) < 4.78 is 1.52.